The van der Waals surface area contributed by atoms with Crippen molar-refractivity contribution in [1.29, 1.82) is 0 Å². The van der Waals surface area contributed by atoms with Crippen LogP contribution in [0.25, 0.3) is 0 Å². The van der Waals surface area contributed by atoms with Gasteiger partial charge in [0.15, 0.2) is 0 Å². The minimum absolute atomic E-state index is 0.787. The molecule has 0 saturated heterocycles. The lowest BCUT2D eigenvalue weighted by Gasteiger charge is -2.10. The normalized spacial score (nSPS) is 10.3. The molecule has 1 nitrogen and oxygen atoms in total. The van der Waals surface area contributed by atoms with Gasteiger partial charge < -0.3 is 4.74 Å². The Balaban J connectivity index is 2.73. The maximum absolute atomic E-state index is 5.69. The van der Waals surface area contributed by atoms with Crippen LogP contribution in [0.4, 0.5) is 0 Å². The first-order valence-corrected chi connectivity index (χ1v) is 6.72. The molecule has 0 N–H and O–H groups in total. The molecule has 0 fully saturated rings. The molecule has 84 valence electrons. The summed E-state index contributed by atoms with van der Waals surface area (Å²) in [6, 6.07) is 6.19. The minimum atomic E-state index is 0.787. The lowest BCUT2D eigenvalue weighted by atomic mass is 10.1. The molecule has 15 heavy (non-hydrogen) atoms. The SMILES string of the molecule is CCCOc1ccc(Br)cc1CCCS. The highest BCUT2D eigenvalue weighted by molar-refractivity contribution is 9.10. The predicted octanol–water partition coefficient (Wildman–Crippen LogP) is 4.10. The van der Waals surface area contributed by atoms with E-state index in [1.165, 1.54) is 5.56 Å². The quantitative estimate of drug-likeness (QED) is 0.776. The van der Waals surface area contributed by atoms with Gasteiger partial charge in [-0.2, -0.15) is 12.6 Å². The fourth-order valence-corrected chi connectivity index (χ4v) is 1.93. The van der Waals surface area contributed by atoms with Crippen molar-refractivity contribution in [3.8, 4) is 5.75 Å². The monoisotopic (exact) mass is 288 g/mol. The number of ether oxygens (including phenoxy) is 1. The van der Waals surface area contributed by atoms with E-state index >= 15 is 0 Å². The van der Waals surface area contributed by atoms with E-state index in [1.54, 1.807) is 0 Å². The van der Waals surface area contributed by atoms with Crippen molar-refractivity contribution in [3.63, 3.8) is 0 Å². The van der Waals surface area contributed by atoms with Crippen molar-refractivity contribution < 1.29 is 4.74 Å². The smallest absolute Gasteiger partial charge is 0.122 e. The standard InChI is InChI=1S/C12H17BrOS/c1-2-7-14-12-6-5-11(13)9-10(12)4-3-8-15/h5-6,9,15H,2-4,7-8H2,1H3. The molecule has 1 rings (SSSR count). The number of benzene rings is 1. The molecular weight excluding hydrogens is 272 g/mol. The van der Waals surface area contributed by atoms with E-state index in [-0.39, 0.29) is 0 Å². The molecule has 1 aromatic rings. The van der Waals surface area contributed by atoms with Crippen molar-refractivity contribution in [3.05, 3.63) is 28.2 Å². The van der Waals surface area contributed by atoms with Crippen LogP contribution >= 0.6 is 28.6 Å². The molecule has 0 aliphatic heterocycles. The summed E-state index contributed by atoms with van der Waals surface area (Å²) in [6.07, 6.45) is 3.16. The van der Waals surface area contributed by atoms with E-state index in [0.29, 0.717) is 0 Å². The van der Waals surface area contributed by atoms with Gasteiger partial charge >= 0.3 is 0 Å². The van der Waals surface area contributed by atoms with Crippen LogP contribution in [0.3, 0.4) is 0 Å². The van der Waals surface area contributed by atoms with E-state index < -0.39 is 0 Å². The third kappa shape index (κ3) is 4.47. The van der Waals surface area contributed by atoms with Crippen LogP contribution in [0.15, 0.2) is 22.7 Å². The average Bonchev–Trinajstić information content (AvgIpc) is 2.25. The molecule has 0 spiro atoms. The Morgan fingerprint density at radius 1 is 1.40 bits per heavy atom. The second kappa shape index (κ2) is 7.18. The molecule has 0 aliphatic rings. The summed E-state index contributed by atoms with van der Waals surface area (Å²) in [5.41, 5.74) is 1.27. The van der Waals surface area contributed by atoms with E-state index in [2.05, 4.69) is 41.5 Å². The Morgan fingerprint density at radius 3 is 2.87 bits per heavy atom. The molecule has 3 heteroatoms. The van der Waals surface area contributed by atoms with Crippen LogP contribution in [0.2, 0.25) is 0 Å². The van der Waals surface area contributed by atoms with Gasteiger partial charge in [0.05, 0.1) is 6.61 Å². The maximum atomic E-state index is 5.69. The zero-order valence-electron chi connectivity index (χ0n) is 9.00. The molecule has 0 aromatic heterocycles. The number of rotatable bonds is 6. The van der Waals surface area contributed by atoms with Crippen LogP contribution in [-0.2, 0) is 6.42 Å². The van der Waals surface area contributed by atoms with Crippen molar-refractivity contribution >= 4 is 28.6 Å². The minimum Gasteiger partial charge on any atom is -0.493 e. The van der Waals surface area contributed by atoms with E-state index in [1.807, 2.05) is 12.1 Å². The highest BCUT2D eigenvalue weighted by Gasteiger charge is 2.03. The van der Waals surface area contributed by atoms with Crippen LogP contribution in [-0.4, -0.2) is 12.4 Å². The Hall–Kier alpha value is -0.150. The lowest BCUT2D eigenvalue weighted by Crippen LogP contribution is -1.99. The molecule has 1 aromatic carbocycles. The number of aryl methyl sites for hydroxylation is 1. The Bertz CT molecular complexity index is 302. The summed E-state index contributed by atoms with van der Waals surface area (Å²) in [7, 11) is 0. The third-order valence-corrected chi connectivity index (χ3v) is 2.90. The number of halogens is 1. The maximum Gasteiger partial charge on any atom is 0.122 e. The summed E-state index contributed by atoms with van der Waals surface area (Å²) >= 11 is 7.71. The number of thiol groups is 1. The molecular formula is C12H17BrOS. The fourth-order valence-electron chi connectivity index (χ4n) is 1.37. The highest BCUT2D eigenvalue weighted by Crippen LogP contribution is 2.24. The highest BCUT2D eigenvalue weighted by atomic mass is 79.9. The summed E-state index contributed by atoms with van der Waals surface area (Å²) in [4.78, 5) is 0. The molecule has 0 saturated carbocycles. The average molecular weight is 289 g/mol. The van der Waals surface area contributed by atoms with Crippen molar-refractivity contribution in [1.82, 2.24) is 0 Å². The van der Waals surface area contributed by atoms with Crippen molar-refractivity contribution in [2.75, 3.05) is 12.4 Å². The summed E-state index contributed by atoms with van der Waals surface area (Å²) < 4.78 is 6.80. The zero-order chi connectivity index (χ0) is 11.1. The van der Waals surface area contributed by atoms with Gasteiger partial charge in [0.25, 0.3) is 0 Å². The van der Waals surface area contributed by atoms with Gasteiger partial charge in [-0.1, -0.05) is 22.9 Å². The predicted molar refractivity (Wildman–Crippen MR) is 72.1 cm³/mol. The van der Waals surface area contributed by atoms with E-state index in [4.69, 9.17) is 4.74 Å². The molecule has 0 atom stereocenters. The Labute approximate surface area is 106 Å². The second-order valence-corrected chi connectivity index (χ2v) is 4.79. The van der Waals surface area contributed by atoms with Gasteiger partial charge in [0.2, 0.25) is 0 Å². The van der Waals surface area contributed by atoms with E-state index in [9.17, 15) is 0 Å². The zero-order valence-corrected chi connectivity index (χ0v) is 11.5. The van der Waals surface area contributed by atoms with Gasteiger partial charge in [0.1, 0.15) is 5.75 Å². The summed E-state index contributed by atoms with van der Waals surface area (Å²) in [5, 5.41) is 0. The van der Waals surface area contributed by atoms with Crippen molar-refractivity contribution in [2.45, 2.75) is 26.2 Å². The van der Waals surface area contributed by atoms with Gasteiger partial charge in [-0.15, -0.1) is 0 Å². The molecule has 0 heterocycles. The van der Waals surface area contributed by atoms with Gasteiger partial charge in [-0.25, -0.2) is 0 Å². The first-order chi connectivity index (χ1) is 7.27. The second-order valence-electron chi connectivity index (χ2n) is 3.43. The van der Waals surface area contributed by atoms with Crippen LogP contribution in [0.5, 0.6) is 5.75 Å². The largest absolute Gasteiger partial charge is 0.493 e. The van der Waals surface area contributed by atoms with Crippen LogP contribution in [0, 0.1) is 0 Å². The first kappa shape index (κ1) is 12.9. The molecule has 0 unspecified atom stereocenters. The van der Waals surface area contributed by atoms with E-state index in [0.717, 1.165) is 41.8 Å². The third-order valence-electron chi connectivity index (χ3n) is 2.09. The summed E-state index contributed by atoms with van der Waals surface area (Å²) in [5.74, 6) is 1.93. The first-order valence-electron chi connectivity index (χ1n) is 5.30. The van der Waals surface area contributed by atoms with Gasteiger partial charge in [-0.05, 0) is 48.8 Å². The van der Waals surface area contributed by atoms with Crippen LogP contribution in [0.1, 0.15) is 25.3 Å². The fraction of sp³-hybridized carbons (Fsp3) is 0.500. The molecule has 0 aliphatic carbocycles. The van der Waals surface area contributed by atoms with Gasteiger partial charge in [-0.3, -0.25) is 0 Å². The molecule has 0 amide bonds. The van der Waals surface area contributed by atoms with Gasteiger partial charge in [0, 0.05) is 4.47 Å². The Morgan fingerprint density at radius 2 is 2.20 bits per heavy atom. The van der Waals surface area contributed by atoms with Crippen molar-refractivity contribution in [2.24, 2.45) is 0 Å². The topological polar surface area (TPSA) is 9.23 Å². The lowest BCUT2D eigenvalue weighted by molar-refractivity contribution is 0.314. The molecule has 0 bridgehead atoms. The van der Waals surface area contributed by atoms with Crippen LogP contribution < -0.4 is 4.74 Å². The number of hydrogen-bond donors (Lipinski definition) is 1. The molecule has 0 radical (unpaired) electrons. The summed E-state index contributed by atoms with van der Waals surface area (Å²) in [6.45, 7) is 2.90. The Kier molecular flexibility index (Phi) is 6.18. The number of hydrogen-bond acceptors (Lipinski definition) is 2.